The Kier molecular flexibility index (Phi) is 6.13. The zero-order valence-corrected chi connectivity index (χ0v) is 15.6. The summed E-state index contributed by atoms with van der Waals surface area (Å²) in [5, 5.41) is 6.75. The fraction of sp³-hybridized carbons (Fsp3) is 0.684. The van der Waals surface area contributed by atoms with Crippen LogP contribution >= 0.6 is 0 Å². The van der Waals surface area contributed by atoms with Crippen LogP contribution in [-0.4, -0.2) is 49.3 Å². The molecule has 2 saturated heterocycles. The molecule has 2 aliphatic heterocycles. The van der Waals surface area contributed by atoms with Crippen molar-refractivity contribution in [1.29, 1.82) is 0 Å². The topological polar surface area (TPSA) is 61.8 Å². The first-order valence-corrected chi connectivity index (χ1v) is 9.54. The molecule has 1 atom stereocenters. The van der Waals surface area contributed by atoms with Crippen molar-refractivity contribution < 1.29 is 4.74 Å². The average Bonchev–Trinajstić information content (AvgIpc) is 3.30. The molecular weight excluding hydrogens is 314 g/mol. The van der Waals surface area contributed by atoms with Gasteiger partial charge in [-0.1, -0.05) is 0 Å². The number of nitrogens with zero attached hydrogens (tertiary/aromatic N) is 3. The maximum Gasteiger partial charge on any atom is 0.191 e. The monoisotopic (exact) mass is 345 g/mol. The molecule has 2 aliphatic rings. The lowest BCUT2D eigenvalue weighted by Gasteiger charge is -2.24. The molecule has 3 heterocycles. The van der Waals surface area contributed by atoms with Gasteiger partial charge in [-0.15, -0.1) is 0 Å². The van der Waals surface area contributed by atoms with E-state index in [0.717, 1.165) is 57.4 Å². The summed E-state index contributed by atoms with van der Waals surface area (Å²) < 4.78 is 5.85. The number of aromatic nitrogens is 1. The van der Waals surface area contributed by atoms with E-state index in [2.05, 4.69) is 40.4 Å². The molecule has 0 aromatic carbocycles. The van der Waals surface area contributed by atoms with E-state index in [1.165, 1.54) is 18.4 Å². The summed E-state index contributed by atoms with van der Waals surface area (Å²) in [6, 6.07) is 4.22. The second-order valence-electron chi connectivity index (χ2n) is 7.17. The molecule has 0 amide bonds. The number of rotatable bonds is 6. The van der Waals surface area contributed by atoms with Crippen molar-refractivity contribution >= 4 is 11.8 Å². The number of pyridine rings is 1. The Balaban J connectivity index is 1.59. The van der Waals surface area contributed by atoms with Crippen molar-refractivity contribution in [1.82, 2.24) is 15.6 Å². The minimum absolute atomic E-state index is 0.0736. The third kappa shape index (κ3) is 5.08. The van der Waals surface area contributed by atoms with Gasteiger partial charge in [-0.25, -0.2) is 9.98 Å². The van der Waals surface area contributed by atoms with Crippen LogP contribution in [0.15, 0.2) is 23.3 Å². The van der Waals surface area contributed by atoms with Gasteiger partial charge < -0.3 is 20.3 Å². The van der Waals surface area contributed by atoms with E-state index in [-0.39, 0.29) is 5.60 Å². The molecule has 1 aromatic heterocycles. The van der Waals surface area contributed by atoms with Gasteiger partial charge in [0.1, 0.15) is 5.82 Å². The number of hydrogen-bond acceptors (Lipinski definition) is 4. The van der Waals surface area contributed by atoms with Crippen LogP contribution in [0.2, 0.25) is 0 Å². The molecule has 6 nitrogen and oxygen atoms in total. The molecule has 2 fully saturated rings. The Hall–Kier alpha value is -1.82. The molecule has 3 rings (SSSR count). The van der Waals surface area contributed by atoms with Gasteiger partial charge in [0.15, 0.2) is 5.96 Å². The van der Waals surface area contributed by atoms with E-state index in [1.54, 1.807) is 0 Å². The maximum absolute atomic E-state index is 5.85. The van der Waals surface area contributed by atoms with Gasteiger partial charge in [0.2, 0.25) is 0 Å². The standard InChI is InChI=1S/C19H31N5O/c1-3-20-18(23-15-19(2)8-6-12-25-19)22-14-16-7-9-21-17(13-16)24-10-4-5-11-24/h7,9,13H,3-6,8,10-12,14-15H2,1-2H3,(H2,20,22,23). The lowest BCUT2D eigenvalue weighted by atomic mass is 10.0. The number of nitrogens with one attached hydrogen (secondary N) is 2. The summed E-state index contributed by atoms with van der Waals surface area (Å²) in [5.74, 6) is 1.92. The Bertz CT molecular complexity index is 577. The van der Waals surface area contributed by atoms with Gasteiger partial charge in [0.05, 0.1) is 12.1 Å². The minimum atomic E-state index is -0.0736. The molecule has 0 bridgehead atoms. The van der Waals surface area contributed by atoms with Crippen molar-refractivity contribution in [3.8, 4) is 0 Å². The molecule has 1 unspecified atom stereocenters. The van der Waals surface area contributed by atoms with E-state index in [9.17, 15) is 0 Å². The summed E-state index contributed by atoms with van der Waals surface area (Å²) in [5.41, 5.74) is 1.12. The number of guanidine groups is 1. The number of ether oxygens (including phenoxy) is 1. The molecule has 0 spiro atoms. The second kappa shape index (κ2) is 8.52. The lowest BCUT2D eigenvalue weighted by molar-refractivity contribution is 0.0243. The average molecular weight is 345 g/mol. The highest BCUT2D eigenvalue weighted by Crippen LogP contribution is 2.23. The zero-order valence-electron chi connectivity index (χ0n) is 15.6. The lowest BCUT2D eigenvalue weighted by Crippen LogP contribution is -2.45. The van der Waals surface area contributed by atoms with Gasteiger partial charge in [-0.2, -0.15) is 0 Å². The Morgan fingerprint density at radius 1 is 1.32 bits per heavy atom. The molecule has 6 heteroatoms. The molecule has 1 aromatic rings. The number of hydrogen-bond donors (Lipinski definition) is 2. The summed E-state index contributed by atoms with van der Waals surface area (Å²) in [6.07, 6.45) is 6.66. The van der Waals surface area contributed by atoms with Gasteiger partial charge in [0.25, 0.3) is 0 Å². The summed E-state index contributed by atoms with van der Waals surface area (Å²) in [7, 11) is 0. The second-order valence-corrected chi connectivity index (χ2v) is 7.17. The molecule has 138 valence electrons. The number of anilines is 1. The largest absolute Gasteiger partial charge is 0.373 e. The SMILES string of the molecule is CCNC(=NCc1ccnc(N2CCCC2)c1)NCC1(C)CCCO1. The van der Waals surface area contributed by atoms with E-state index < -0.39 is 0 Å². The number of aliphatic imine (C=N–C) groups is 1. The molecule has 25 heavy (non-hydrogen) atoms. The van der Waals surface area contributed by atoms with Crippen molar-refractivity contribution in [2.75, 3.05) is 37.7 Å². The predicted molar refractivity (Wildman–Crippen MR) is 102 cm³/mol. The maximum atomic E-state index is 5.85. The summed E-state index contributed by atoms with van der Waals surface area (Å²) in [6.45, 7) is 9.63. The van der Waals surface area contributed by atoms with Crippen LogP contribution < -0.4 is 15.5 Å². The van der Waals surface area contributed by atoms with Gasteiger partial charge in [0, 0.05) is 39.0 Å². The summed E-state index contributed by atoms with van der Waals surface area (Å²) >= 11 is 0. The van der Waals surface area contributed by atoms with Crippen molar-refractivity contribution in [2.45, 2.75) is 51.7 Å². The smallest absolute Gasteiger partial charge is 0.191 e. The molecule has 0 radical (unpaired) electrons. The quantitative estimate of drug-likeness (QED) is 0.612. The molecule has 2 N–H and O–H groups in total. The van der Waals surface area contributed by atoms with E-state index in [1.807, 2.05) is 12.3 Å². The van der Waals surface area contributed by atoms with Crippen LogP contribution in [0.5, 0.6) is 0 Å². The van der Waals surface area contributed by atoms with Gasteiger partial charge >= 0.3 is 0 Å². The van der Waals surface area contributed by atoms with Crippen LogP contribution in [0.1, 0.15) is 45.1 Å². The zero-order chi connectivity index (χ0) is 17.5. The highest BCUT2D eigenvalue weighted by Gasteiger charge is 2.29. The van der Waals surface area contributed by atoms with Crippen molar-refractivity contribution in [3.05, 3.63) is 23.9 Å². The van der Waals surface area contributed by atoms with E-state index in [0.29, 0.717) is 6.54 Å². The Labute approximate surface area is 151 Å². The van der Waals surface area contributed by atoms with Gasteiger partial charge in [-0.3, -0.25) is 0 Å². The van der Waals surface area contributed by atoms with Crippen LogP contribution in [0.25, 0.3) is 0 Å². The normalized spacial score (nSPS) is 23.9. The first-order valence-electron chi connectivity index (χ1n) is 9.54. The Morgan fingerprint density at radius 2 is 2.16 bits per heavy atom. The first kappa shape index (κ1) is 18.0. The minimum Gasteiger partial charge on any atom is -0.373 e. The fourth-order valence-electron chi connectivity index (χ4n) is 3.44. The van der Waals surface area contributed by atoms with Crippen LogP contribution in [0, 0.1) is 0 Å². The van der Waals surface area contributed by atoms with Gasteiger partial charge in [-0.05, 0) is 57.2 Å². The fourth-order valence-corrected chi connectivity index (χ4v) is 3.44. The Morgan fingerprint density at radius 3 is 2.88 bits per heavy atom. The molecule has 0 aliphatic carbocycles. The highest BCUT2D eigenvalue weighted by molar-refractivity contribution is 5.79. The van der Waals surface area contributed by atoms with E-state index >= 15 is 0 Å². The molecular formula is C19H31N5O. The third-order valence-corrected chi connectivity index (χ3v) is 4.93. The van der Waals surface area contributed by atoms with Crippen molar-refractivity contribution in [3.63, 3.8) is 0 Å². The van der Waals surface area contributed by atoms with Crippen LogP contribution in [0.4, 0.5) is 5.82 Å². The highest BCUT2D eigenvalue weighted by atomic mass is 16.5. The van der Waals surface area contributed by atoms with E-state index in [4.69, 9.17) is 9.73 Å². The predicted octanol–water partition coefficient (Wildman–Crippen LogP) is 2.31. The van der Waals surface area contributed by atoms with Crippen LogP contribution in [0.3, 0.4) is 0 Å². The third-order valence-electron chi connectivity index (χ3n) is 4.93. The summed E-state index contributed by atoms with van der Waals surface area (Å²) in [4.78, 5) is 11.6. The van der Waals surface area contributed by atoms with Crippen molar-refractivity contribution in [2.24, 2.45) is 4.99 Å². The van der Waals surface area contributed by atoms with Crippen LogP contribution in [-0.2, 0) is 11.3 Å². The first-order chi connectivity index (χ1) is 12.2. The molecule has 0 saturated carbocycles.